The standard InChI is InChI=1S/C14H19N3O/c15-12-4-1-3-11(9-12)14(18)17-8-7-16-6-2-5-13(16)10-17/h1,3-4,9,13H,2,5-8,10,15H2. The topological polar surface area (TPSA) is 49.6 Å². The highest BCUT2D eigenvalue weighted by molar-refractivity contribution is 5.95. The van der Waals surface area contributed by atoms with Crippen LogP contribution in [-0.4, -0.2) is 47.9 Å². The van der Waals surface area contributed by atoms with Crippen molar-refractivity contribution in [3.05, 3.63) is 29.8 Å². The molecule has 2 aliphatic heterocycles. The van der Waals surface area contributed by atoms with Gasteiger partial charge in [-0.15, -0.1) is 0 Å². The monoisotopic (exact) mass is 245 g/mol. The maximum Gasteiger partial charge on any atom is 0.254 e. The molecule has 96 valence electrons. The predicted octanol–water partition coefficient (Wildman–Crippen LogP) is 1.19. The first kappa shape index (κ1) is 11.5. The molecule has 1 amide bonds. The van der Waals surface area contributed by atoms with Crippen LogP contribution in [0.4, 0.5) is 5.69 Å². The van der Waals surface area contributed by atoms with E-state index in [1.807, 2.05) is 23.1 Å². The number of carbonyl (C=O) groups is 1. The van der Waals surface area contributed by atoms with Crippen molar-refractivity contribution >= 4 is 11.6 Å². The minimum atomic E-state index is 0.119. The van der Waals surface area contributed by atoms with Crippen LogP contribution in [0.25, 0.3) is 0 Å². The second-order valence-corrected chi connectivity index (χ2v) is 5.21. The molecule has 1 unspecified atom stereocenters. The molecule has 2 heterocycles. The number of rotatable bonds is 1. The summed E-state index contributed by atoms with van der Waals surface area (Å²) < 4.78 is 0. The lowest BCUT2D eigenvalue weighted by molar-refractivity contribution is 0.0571. The summed E-state index contributed by atoms with van der Waals surface area (Å²) >= 11 is 0. The maximum absolute atomic E-state index is 12.4. The molecule has 2 N–H and O–H groups in total. The van der Waals surface area contributed by atoms with E-state index in [4.69, 9.17) is 5.73 Å². The van der Waals surface area contributed by atoms with Gasteiger partial charge in [-0.05, 0) is 37.6 Å². The van der Waals surface area contributed by atoms with Crippen LogP contribution in [0.15, 0.2) is 24.3 Å². The molecule has 0 saturated carbocycles. The molecule has 0 aromatic heterocycles. The molecular formula is C14H19N3O. The van der Waals surface area contributed by atoms with E-state index in [1.165, 1.54) is 19.4 Å². The summed E-state index contributed by atoms with van der Waals surface area (Å²) in [6.45, 7) is 3.92. The van der Waals surface area contributed by atoms with Crippen molar-refractivity contribution in [2.24, 2.45) is 0 Å². The number of benzene rings is 1. The zero-order valence-corrected chi connectivity index (χ0v) is 10.5. The van der Waals surface area contributed by atoms with Crippen molar-refractivity contribution in [3.8, 4) is 0 Å². The average Bonchev–Trinajstić information content (AvgIpc) is 2.85. The number of hydrogen-bond donors (Lipinski definition) is 1. The molecule has 1 atom stereocenters. The van der Waals surface area contributed by atoms with Crippen LogP contribution < -0.4 is 5.73 Å². The average molecular weight is 245 g/mol. The van der Waals surface area contributed by atoms with Gasteiger partial charge < -0.3 is 10.6 Å². The smallest absolute Gasteiger partial charge is 0.254 e. The van der Waals surface area contributed by atoms with Gasteiger partial charge >= 0.3 is 0 Å². The summed E-state index contributed by atoms with van der Waals surface area (Å²) in [5, 5.41) is 0. The second-order valence-electron chi connectivity index (χ2n) is 5.21. The number of carbonyl (C=O) groups excluding carboxylic acids is 1. The second kappa shape index (κ2) is 4.61. The Morgan fingerprint density at radius 2 is 2.17 bits per heavy atom. The SMILES string of the molecule is Nc1cccc(C(=O)N2CCN3CCCC3C2)c1. The van der Waals surface area contributed by atoms with Crippen LogP contribution in [0.3, 0.4) is 0 Å². The van der Waals surface area contributed by atoms with E-state index in [1.54, 1.807) is 6.07 Å². The Balaban J connectivity index is 1.73. The molecule has 0 bridgehead atoms. The summed E-state index contributed by atoms with van der Waals surface area (Å²) in [4.78, 5) is 16.9. The lowest BCUT2D eigenvalue weighted by Gasteiger charge is -2.37. The summed E-state index contributed by atoms with van der Waals surface area (Å²) in [5.74, 6) is 0.119. The number of nitrogens with two attached hydrogens (primary N) is 1. The van der Waals surface area contributed by atoms with Crippen molar-refractivity contribution in [2.45, 2.75) is 18.9 Å². The number of amides is 1. The molecule has 2 fully saturated rings. The quantitative estimate of drug-likeness (QED) is 0.756. The maximum atomic E-state index is 12.4. The molecule has 2 saturated heterocycles. The molecule has 4 nitrogen and oxygen atoms in total. The number of piperazine rings is 1. The molecule has 18 heavy (non-hydrogen) atoms. The van der Waals surface area contributed by atoms with Gasteiger partial charge in [0.25, 0.3) is 5.91 Å². The Morgan fingerprint density at radius 1 is 1.28 bits per heavy atom. The van der Waals surface area contributed by atoms with Gasteiger partial charge in [0, 0.05) is 36.9 Å². The van der Waals surface area contributed by atoms with Gasteiger partial charge in [0.15, 0.2) is 0 Å². The highest BCUT2D eigenvalue weighted by Gasteiger charge is 2.32. The summed E-state index contributed by atoms with van der Waals surface area (Å²) in [5.41, 5.74) is 7.10. The van der Waals surface area contributed by atoms with E-state index in [-0.39, 0.29) is 5.91 Å². The Bertz CT molecular complexity index is 460. The zero-order valence-electron chi connectivity index (χ0n) is 10.5. The van der Waals surface area contributed by atoms with E-state index in [0.717, 1.165) is 19.6 Å². The van der Waals surface area contributed by atoms with E-state index in [0.29, 0.717) is 17.3 Å². The molecule has 0 aliphatic carbocycles. The minimum Gasteiger partial charge on any atom is -0.399 e. The summed E-state index contributed by atoms with van der Waals surface area (Å²) in [6, 6.07) is 7.84. The van der Waals surface area contributed by atoms with Gasteiger partial charge in [0.1, 0.15) is 0 Å². The third-order valence-corrected chi connectivity index (χ3v) is 4.01. The van der Waals surface area contributed by atoms with Crippen molar-refractivity contribution in [1.29, 1.82) is 0 Å². The predicted molar refractivity (Wildman–Crippen MR) is 71.4 cm³/mol. The van der Waals surface area contributed by atoms with Crippen LogP contribution in [0.2, 0.25) is 0 Å². The van der Waals surface area contributed by atoms with Gasteiger partial charge in [-0.1, -0.05) is 6.07 Å². The van der Waals surface area contributed by atoms with E-state index in [9.17, 15) is 4.79 Å². The Labute approximate surface area is 107 Å². The normalized spacial score (nSPS) is 24.0. The molecule has 3 rings (SSSR count). The Hall–Kier alpha value is -1.55. The van der Waals surface area contributed by atoms with Gasteiger partial charge in [0.05, 0.1) is 0 Å². The molecule has 2 aliphatic rings. The zero-order chi connectivity index (χ0) is 12.5. The third-order valence-electron chi connectivity index (χ3n) is 4.01. The van der Waals surface area contributed by atoms with Crippen molar-refractivity contribution < 1.29 is 4.79 Å². The Morgan fingerprint density at radius 3 is 3.00 bits per heavy atom. The molecular weight excluding hydrogens is 226 g/mol. The van der Waals surface area contributed by atoms with Gasteiger partial charge in [0.2, 0.25) is 0 Å². The highest BCUT2D eigenvalue weighted by atomic mass is 16.2. The van der Waals surface area contributed by atoms with Crippen molar-refractivity contribution in [2.75, 3.05) is 31.9 Å². The summed E-state index contributed by atoms with van der Waals surface area (Å²) in [6.07, 6.45) is 2.49. The summed E-state index contributed by atoms with van der Waals surface area (Å²) in [7, 11) is 0. The fourth-order valence-corrected chi connectivity index (χ4v) is 3.03. The fourth-order valence-electron chi connectivity index (χ4n) is 3.03. The van der Waals surface area contributed by atoms with Gasteiger partial charge in [-0.2, -0.15) is 0 Å². The Kier molecular flexibility index (Phi) is 2.96. The van der Waals surface area contributed by atoms with Crippen LogP contribution in [0, 0.1) is 0 Å². The minimum absolute atomic E-state index is 0.119. The number of fused-ring (bicyclic) bond motifs is 1. The first-order valence-electron chi connectivity index (χ1n) is 6.63. The van der Waals surface area contributed by atoms with Crippen molar-refractivity contribution in [3.63, 3.8) is 0 Å². The first-order valence-corrected chi connectivity index (χ1v) is 6.63. The highest BCUT2D eigenvalue weighted by Crippen LogP contribution is 2.22. The lowest BCUT2D eigenvalue weighted by atomic mass is 10.1. The molecule has 4 heteroatoms. The van der Waals surface area contributed by atoms with Gasteiger partial charge in [-0.3, -0.25) is 9.69 Å². The van der Waals surface area contributed by atoms with E-state index in [2.05, 4.69) is 4.90 Å². The van der Waals surface area contributed by atoms with Crippen LogP contribution >= 0.6 is 0 Å². The van der Waals surface area contributed by atoms with Gasteiger partial charge in [-0.25, -0.2) is 0 Å². The lowest BCUT2D eigenvalue weighted by Crippen LogP contribution is -2.52. The fraction of sp³-hybridized carbons (Fsp3) is 0.500. The number of nitrogens with zero attached hydrogens (tertiary/aromatic N) is 2. The molecule has 1 aromatic carbocycles. The number of anilines is 1. The largest absolute Gasteiger partial charge is 0.399 e. The van der Waals surface area contributed by atoms with Crippen LogP contribution in [0.1, 0.15) is 23.2 Å². The van der Waals surface area contributed by atoms with Crippen molar-refractivity contribution in [1.82, 2.24) is 9.80 Å². The molecule has 0 spiro atoms. The molecule has 0 radical (unpaired) electrons. The van der Waals surface area contributed by atoms with E-state index < -0.39 is 0 Å². The van der Waals surface area contributed by atoms with E-state index >= 15 is 0 Å². The molecule has 1 aromatic rings. The third kappa shape index (κ3) is 2.08. The number of nitrogen functional groups attached to an aromatic ring is 1. The first-order chi connectivity index (χ1) is 8.74. The van der Waals surface area contributed by atoms with Crippen LogP contribution in [-0.2, 0) is 0 Å². The van der Waals surface area contributed by atoms with Crippen LogP contribution in [0.5, 0.6) is 0 Å². The number of hydrogen-bond acceptors (Lipinski definition) is 3.